The van der Waals surface area contributed by atoms with Gasteiger partial charge in [0.05, 0.1) is 13.2 Å². The summed E-state index contributed by atoms with van der Waals surface area (Å²) in [5.41, 5.74) is 2.68. The Morgan fingerprint density at radius 3 is 2.05 bits per heavy atom. The van der Waals surface area contributed by atoms with Crippen LogP contribution in [0, 0.1) is 0 Å². The number of morpholine rings is 1. The molecule has 1 heterocycles. The van der Waals surface area contributed by atoms with Gasteiger partial charge in [-0.3, -0.25) is 9.69 Å². The van der Waals surface area contributed by atoms with Crippen LogP contribution in [-0.4, -0.2) is 55.5 Å². The molecular formula is C50H53F2NO6. The van der Waals surface area contributed by atoms with E-state index in [1.807, 2.05) is 75.4 Å². The van der Waals surface area contributed by atoms with Gasteiger partial charge in [0.25, 0.3) is 0 Å². The summed E-state index contributed by atoms with van der Waals surface area (Å²) in [4.78, 5) is 17.9. The van der Waals surface area contributed by atoms with Gasteiger partial charge in [-0.15, -0.1) is 0 Å². The van der Waals surface area contributed by atoms with E-state index in [1.165, 1.54) is 6.07 Å². The van der Waals surface area contributed by atoms with Crippen LogP contribution in [-0.2, 0) is 32.8 Å². The van der Waals surface area contributed by atoms with Gasteiger partial charge in [-0.2, -0.15) is 8.78 Å². The lowest BCUT2D eigenvalue weighted by molar-refractivity contribution is -0.161. The quantitative estimate of drug-likeness (QED) is 0.0771. The molecule has 7 rings (SSSR count). The maximum atomic E-state index is 15.5. The Labute approximate surface area is 346 Å². The average Bonchev–Trinajstić information content (AvgIpc) is 3.24. The summed E-state index contributed by atoms with van der Waals surface area (Å²) in [6.07, 6.45) is 7.43. The van der Waals surface area contributed by atoms with Crippen molar-refractivity contribution in [1.82, 2.24) is 4.90 Å². The number of esters is 1. The molecule has 0 radical (unpaired) electrons. The zero-order valence-corrected chi connectivity index (χ0v) is 34.0. The normalized spacial score (nSPS) is 17.5. The second-order valence-electron chi connectivity index (χ2n) is 16.1. The molecule has 0 spiro atoms. The van der Waals surface area contributed by atoms with E-state index in [0.717, 1.165) is 66.9 Å². The van der Waals surface area contributed by atoms with Crippen molar-refractivity contribution in [2.75, 3.05) is 26.3 Å². The third-order valence-electron chi connectivity index (χ3n) is 10.8. The molecule has 1 saturated heterocycles. The summed E-state index contributed by atoms with van der Waals surface area (Å²) in [5, 5.41) is 0. The number of carbonyl (C=O) groups excluding carboxylic acids is 1. The van der Waals surface area contributed by atoms with E-state index < -0.39 is 29.5 Å². The van der Waals surface area contributed by atoms with E-state index in [2.05, 4.69) is 65.6 Å². The predicted molar refractivity (Wildman–Crippen MR) is 225 cm³/mol. The first-order valence-electron chi connectivity index (χ1n) is 20.5. The van der Waals surface area contributed by atoms with Crippen LogP contribution in [0.2, 0.25) is 0 Å². The van der Waals surface area contributed by atoms with Gasteiger partial charge in [-0.25, -0.2) is 0 Å². The van der Waals surface area contributed by atoms with Crippen molar-refractivity contribution >= 4 is 5.97 Å². The van der Waals surface area contributed by atoms with E-state index in [9.17, 15) is 8.78 Å². The van der Waals surface area contributed by atoms with E-state index in [-0.39, 0.29) is 18.5 Å². The molecule has 2 aliphatic rings. The lowest BCUT2D eigenvalue weighted by atomic mass is 9.61. The minimum Gasteiger partial charge on any atom is -0.489 e. The van der Waals surface area contributed by atoms with E-state index in [4.69, 9.17) is 23.7 Å². The van der Waals surface area contributed by atoms with E-state index in [1.54, 1.807) is 18.2 Å². The first-order valence-corrected chi connectivity index (χ1v) is 20.5. The highest BCUT2D eigenvalue weighted by molar-refractivity contribution is 5.90. The Balaban J connectivity index is 1.35. The molecule has 3 atom stereocenters. The second kappa shape index (κ2) is 19.0. The molecule has 308 valence electrons. The van der Waals surface area contributed by atoms with Crippen molar-refractivity contribution < 1.29 is 37.3 Å². The minimum atomic E-state index is -2.96. The number of nitrogens with zero attached hydrogens (tertiary/aromatic N) is 1. The molecular weight excluding hydrogens is 749 g/mol. The van der Waals surface area contributed by atoms with Crippen molar-refractivity contribution in [3.8, 4) is 17.2 Å². The first-order chi connectivity index (χ1) is 28.6. The lowest BCUT2D eigenvalue weighted by Crippen LogP contribution is -2.47. The SMILES string of the molecule is CC(C)(C)OC(=O)C(c1ccc(CN2CCOCC2)cc1)(c1ccc(OCc2ccccc2OC(F)F)cc1)C(c1ccccc1)c1ccc(OC2C=CCCC2)cc1. The summed E-state index contributed by atoms with van der Waals surface area (Å²) in [6, 6.07) is 40.5. The zero-order valence-electron chi connectivity index (χ0n) is 34.0. The van der Waals surface area contributed by atoms with Crippen molar-refractivity contribution in [1.29, 1.82) is 0 Å². The Morgan fingerprint density at radius 2 is 1.41 bits per heavy atom. The van der Waals surface area contributed by atoms with Gasteiger partial charge in [0.2, 0.25) is 0 Å². The van der Waals surface area contributed by atoms with Crippen LogP contribution in [0.5, 0.6) is 17.2 Å². The van der Waals surface area contributed by atoms with E-state index in [0.29, 0.717) is 30.1 Å². The zero-order chi connectivity index (χ0) is 41.2. The highest BCUT2D eigenvalue weighted by atomic mass is 19.3. The van der Waals surface area contributed by atoms with Gasteiger partial charge in [0, 0.05) is 31.1 Å². The summed E-state index contributed by atoms with van der Waals surface area (Å²) < 4.78 is 55.7. The molecule has 59 heavy (non-hydrogen) atoms. The summed E-state index contributed by atoms with van der Waals surface area (Å²) in [5.74, 6) is 0.345. The Kier molecular flexibility index (Phi) is 13.4. The Hall–Kier alpha value is -5.51. The van der Waals surface area contributed by atoms with Gasteiger partial charge in [-0.05, 0) is 104 Å². The van der Waals surface area contributed by atoms with Crippen molar-refractivity contribution in [2.24, 2.45) is 0 Å². The topological polar surface area (TPSA) is 66.5 Å². The number of benzene rings is 5. The number of rotatable bonds is 15. The van der Waals surface area contributed by atoms with Crippen LogP contribution in [0.4, 0.5) is 8.78 Å². The highest BCUT2D eigenvalue weighted by Gasteiger charge is 2.52. The number of ether oxygens (including phenoxy) is 5. The largest absolute Gasteiger partial charge is 0.489 e. The third kappa shape index (κ3) is 10.4. The van der Waals surface area contributed by atoms with Crippen molar-refractivity contribution in [2.45, 2.75) is 82.8 Å². The minimum absolute atomic E-state index is 0.00175. The van der Waals surface area contributed by atoms with Gasteiger partial charge in [0.15, 0.2) is 0 Å². The van der Waals surface area contributed by atoms with Crippen LogP contribution in [0.3, 0.4) is 0 Å². The number of alkyl halides is 2. The molecule has 3 unspecified atom stereocenters. The smallest absolute Gasteiger partial charge is 0.387 e. The standard InChI is InChI=1S/C50H53F2NO6/c1-49(2,3)59-47(54)50(40-22-18-36(19-23-40)34-53-30-32-55-33-31-53,41-24-28-42(29-25-41)56-35-39-14-10-11-17-45(39)58-48(51)52)46(37-12-6-4-7-13-37)38-20-26-44(27-21-38)57-43-15-8-5-9-16-43/h4,6-8,10-15,17-29,43,46,48H,5,9,16,30-35H2,1-3H3. The fourth-order valence-corrected chi connectivity index (χ4v) is 8.04. The molecule has 9 heteroatoms. The number of allylic oxidation sites excluding steroid dienone is 1. The number of para-hydroxylation sites is 1. The first kappa shape index (κ1) is 41.6. The molecule has 5 aromatic carbocycles. The maximum absolute atomic E-state index is 15.5. The predicted octanol–water partition coefficient (Wildman–Crippen LogP) is 10.6. The molecule has 5 aromatic rings. The fourth-order valence-electron chi connectivity index (χ4n) is 8.04. The van der Waals surface area contributed by atoms with Crippen LogP contribution in [0.1, 0.15) is 79.3 Å². The van der Waals surface area contributed by atoms with Crippen molar-refractivity contribution in [3.05, 3.63) is 173 Å². The second-order valence-corrected chi connectivity index (χ2v) is 16.1. The van der Waals surface area contributed by atoms with Crippen LogP contribution in [0.15, 0.2) is 140 Å². The highest BCUT2D eigenvalue weighted by Crippen LogP contribution is 2.50. The molecule has 0 N–H and O–H groups in total. The molecule has 7 nitrogen and oxygen atoms in total. The fraction of sp³-hybridized carbons (Fsp3) is 0.340. The Morgan fingerprint density at radius 1 is 0.780 bits per heavy atom. The monoisotopic (exact) mass is 801 g/mol. The summed E-state index contributed by atoms with van der Waals surface area (Å²) in [7, 11) is 0. The number of hydrogen-bond donors (Lipinski definition) is 0. The van der Waals surface area contributed by atoms with Crippen LogP contribution < -0.4 is 14.2 Å². The third-order valence-corrected chi connectivity index (χ3v) is 10.8. The van der Waals surface area contributed by atoms with Crippen LogP contribution in [0.25, 0.3) is 0 Å². The maximum Gasteiger partial charge on any atom is 0.387 e. The number of hydrogen-bond acceptors (Lipinski definition) is 7. The van der Waals surface area contributed by atoms with Gasteiger partial charge in [0.1, 0.15) is 41.0 Å². The molecule has 1 fully saturated rings. The summed E-state index contributed by atoms with van der Waals surface area (Å²) >= 11 is 0. The van der Waals surface area contributed by atoms with Crippen LogP contribution >= 0.6 is 0 Å². The van der Waals surface area contributed by atoms with Gasteiger partial charge < -0.3 is 23.7 Å². The lowest BCUT2D eigenvalue weighted by Gasteiger charge is -2.42. The number of carbonyl (C=O) groups is 1. The summed E-state index contributed by atoms with van der Waals surface area (Å²) in [6.45, 7) is 6.59. The molecule has 1 aliphatic carbocycles. The van der Waals surface area contributed by atoms with Gasteiger partial charge in [-0.1, -0.05) is 103 Å². The van der Waals surface area contributed by atoms with Gasteiger partial charge >= 0.3 is 12.6 Å². The average molecular weight is 802 g/mol. The Bertz CT molecular complexity index is 2130. The molecule has 0 aromatic heterocycles. The molecule has 0 bridgehead atoms. The molecule has 1 aliphatic heterocycles. The van der Waals surface area contributed by atoms with E-state index >= 15 is 4.79 Å². The number of halogens is 2. The molecule has 0 saturated carbocycles. The molecule has 0 amide bonds. The van der Waals surface area contributed by atoms with Crippen molar-refractivity contribution in [3.63, 3.8) is 0 Å².